The Labute approximate surface area is 134 Å². The Morgan fingerprint density at radius 3 is 2.50 bits per heavy atom. The van der Waals surface area contributed by atoms with E-state index in [4.69, 9.17) is 11.6 Å². The number of nitrogens with zero attached hydrogens (tertiary/aromatic N) is 2. The highest BCUT2D eigenvalue weighted by atomic mass is 35.5. The number of aryl methyl sites for hydroxylation is 2. The van der Waals surface area contributed by atoms with E-state index in [1.54, 1.807) is 20.0 Å². The van der Waals surface area contributed by atoms with Crippen LogP contribution in [-0.2, 0) is 16.6 Å². The van der Waals surface area contributed by atoms with Gasteiger partial charge in [-0.05, 0) is 25.8 Å². The third kappa shape index (κ3) is 3.32. The number of rotatable bonds is 4. The van der Waals surface area contributed by atoms with Gasteiger partial charge in [-0.2, -0.15) is 5.10 Å². The normalized spacial score (nSPS) is 17.6. The summed E-state index contributed by atoms with van der Waals surface area (Å²) in [6.07, 6.45) is 6.44. The van der Waals surface area contributed by atoms with Gasteiger partial charge in [0.25, 0.3) is 0 Å². The predicted octanol–water partition coefficient (Wildman–Crippen LogP) is 2.30. The van der Waals surface area contributed by atoms with E-state index in [0.717, 1.165) is 19.3 Å². The Morgan fingerprint density at radius 1 is 1.36 bits per heavy atom. The Bertz CT molecular complexity index is 616. The van der Waals surface area contributed by atoms with E-state index in [1.807, 2.05) is 0 Å². The third-order valence-electron chi connectivity index (χ3n) is 4.08. The van der Waals surface area contributed by atoms with Crippen LogP contribution >= 0.6 is 11.6 Å². The minimum Gasteiger partial charge on any atom is -0.480 e. The van der Waals surface area contributed by atoms with Crippen molar-refractivity contribution in [2.24, 2.45) is 7.05 Å². The number of carboxylic acid groups (broad SMARTS) is 1. The summed E-state index contributed by atoms with van der Waals surface area (Å²) < 4.78 is 1.52. The number of amides is 1. The summed E-state index contributed by atoms with van der Waals surface area (Å²) in [5.41, 5.74) is 0.225. The summed E-state index contributed by atoms with van der Waals surface area (Å²) in [6.45, 7) is 1.79. The summed E-state index contributed by atoms with van der Waals surface area (Å²) in [6, 6.07) is 0. The zero-order chi connectivity index (χ0) is 16.3. The first-order chi connectivity index (χ1) is 10.4. The molecule has 1 aromatic heterocycles. The minimum absolute atomic E-state index is 0.427. The number of aliphatic carboxylic acids is 1. The fourth-order valence-electron chi connectivity index (χ4n) is 2.82. The Morgan fingerprint density at radius 2 is 2.00 bits per heavy atom. The molecule has 2 N–H and O–H groups in total. The number of halogens is 1. The van der Waals surface area contributed by atoms with Crippen molar-refractivity contribution in [1.82, 2.24) is 15.1 Å². The fourth-order valence-corrected chi connectivity index (χ4v) is 3.06. The molecule has 6 nitrogen and oxygen atoms in total. The lowest BCUT2D eigenvalue weighted by molar-refractivity contribution is -0.148. The maximum atomic E-state index is 12.1. The van der Waals surface area contributed by atoms with E-state index in [9.17, 15) is 14.7 Å². The van der Waals surface area contributed by atoms with Crippen LogP contribution in [0.4, 0.5) is 0 Å². The molecular formula is C15H20ClN3O3. The van der Waals surface area contributed by atoms with Crippen LogP contribution in [0.2, 0.25) is 5.15 Å². The van der Waals surface area contributed by atoms with Crippen LogP contribution in [0.3, 0.4) is 0 Å². The molecule has 7 heteroatoms. The smallest absolute Gasteiger partial charge is 0.329 e. The molecule has 1 saturated carbocycles. The highest BCUT2D eigenvalue weighted by Crippen LogP contribution is 2.28. The van der Waals surface area contributed by atoms with Crippen molar-refractivity contribution in [2.45, 2.75) is 44.6 Å². The molecule has 0 spiro atoms. The first-order valence-electron chi connectivity index (χ1n) is 7.28. The second kappa shape index (κ2) is 6.52. The lowest BCUT2D eigenvalue weighted by atomic mass is 9.81. The molecule has 0 aromatic carbocycles. The molecule has 0 bridgehead atoms. The lowest BCUT2D eigenvalue weighted by Crippen LogP contribution is -2.55. The van der Waals surface area contributed by atoms with Gasteiger partial charge in [0.2, 0.25) is 5.91 Å². The van der Waals surface area contributed by atoms with Gasteiger partial charge in [-0.25, -0.2) is 4.79 Å². The molecule has 1 amide bonds. The van der Waals surface area contributed by atoms with Gasteiger partial charge in [0.15, 0.2) is 0 Å². The van der Waals surface area contributed by atoms with Gasteiger partial charge in [-0.1, -0.05) is 30.9 Å². The average Bonchev–Trinajstić information content (AvgIpc) is 2.71. The van der Waals surface area contributed by atoms with Gasteiger partial charge in [-0.3, -0.25) is 9.48 Å². The largest absolute Gasteiger partial charge is 0.480 e. The number of carboxylic acids is 1. The number of hydrogen-bond acceptors (Lipinski definition) is 3. The lowest BCUT2D eigenvalue weighted by Gasteiger charge is -2.33. The van der Waals surface area contributed by atoms with Gasteiger partial charge < -0.3 is 10.4 Å². The molecule has 22 heavy (non-hydrogen) atoms. The molecule has 1 heterocycles. The quantitative estimate of drug-likeness (QED) is 0.832. The van der Waals surface area contributed by atoms with Crippen LogP contribution in [0, 0.1) is 6.92 Å². The highest BCUT2D eigenvalue weighted by molar-refractivity contribution is 6.31. The number of hydrogen-bond donors (Lipinski definition) is 2. The standard InChI is InChI=1S/C15H20ClN3O3/c1-10-11(13(16)19(2)18-10)6-7-12(20)17-15(14(21)22)8-4-3-5-9-15/h6-7H,3-5,8-9H2,1-2H3,(H,17,20)(H,21,22). The maximum absolute atomic E-state index is 12.1. The van der Waals surface area contributed by atoms with E-state index < -0.39 is 17.4 Å². The van der Waals surface area contributed by atoms with Gasteiger partial charge in [0.05, 0.1) is 5.69 Å². The van der Waals surface area contributed by atoms with Gasteiger partial charge in [0.1, 0.15) is 10.7 Å². The Kier molecular flexibility index (Phi) is 4.90. The van der Waals surface area contributed by atoms with Crippen molar-refractivity contribution in [3.63, 3.8) is 0 Å². The molecule has 0 saturated heterocycles. The molecule has 1 aromatic rings. The highest BCUT2D eigenvalue weighted by Gasteiger charge is 2.40. The Hall–Kier alpha value is -1.82. The van der Waals surface area contributed by atoms with Crippen LogP contribution in [0.15, 0.2) is 6.08 Å². The summed E-state index contributed by atoms with van der Waals surface area (Å²) in [5.74, 6) is -1.40. The molecule has 0 unspecified atom stereocenters. The van der Waals surface area contributed by atoms with E-state index in [0.29, 0.717) is 29.3 Å². The predicted molar refractivity (Wildman–Crippen MR) is 83.6 cm³/mol. The molecule has 2 rings (SSSR count). The molecule has 0 radical (unpaired) electrons. The number of carbonyl (C=O) groups is 2. The third-order valence-corrected chi connectivity index (χ3v) is 4.52. The summed E-state index contributed by atoms with van der Waals surface area (Å²) in [5, 5.41) is 16.7. The average molecular weight is 326 g/mol. The fraction of sp³-hybridized carbons (Fsp3) is 0.533. The number of carbonyl (C=O) groups excluding carboxylic acids is 1. The van der Waals surface area contributed by atoms with Gasteiger partial charge in [0, 0.05) is 18.7 Å². The van der Waals surface area contributed by atoms with E-state index >= 15 is 0 Å². The minimum atomic E-state index is -1.15. The first kappa shape index (κ1) is 16.5. The van der Waals surface area contributed by atoms with Crippen molar-refractivity contribution >= 4 is 29.6 Å². The summed E-state index contributed by atoms with van der Waals surface area (Å²) >= 11 is 6.09. The molecule has 120 valence electrons. The molecule has 0 aliphatic heterocycles. The first-order valence-corrected chi connectivity index (χ1v) is 7.66. The summed E-state index contributed by atoms with van der Waals surface area (Å²) in [7, 11) is 1.72. The number of nitrogens with one attached hydrogen (secondary N) is 1. The molecular weight excluding hydrogens is 306 g/mol. The molecule has 1 aliphatic rings. The van der Waals surface area contributed by atoms with Crippen molar-refractivity contribution in [3.05, 3.63) is 22.5 Å². The molecule has 1 aliphatic carbocycles. The number of aromatic nitrogens is 2. The van der Waals surface area contributed by atoms with Gasteiger partial charge in [-0.15, -0.1) is 0 Å². The Balaban J connectivity index is 2.11. The van der Waals surface area contributed by atoms with Crippen molar-refractivity contribution in [3.8, 4) is 0 Å². The van der Waals surface area contributed by atoms with Crippen molar-refractivity contribution < 1.29 is 14.7 Å². The van der Waals surface area contributed by atoms with Crippen LogP contribution in [0.25, 0.3) is 6.08 Å². The molecule has 0 atom stereocenters. The summed E-state index contributed by atoms with van der Waals surface area (Å²) in [4.78, 5) is 23.6. The van der Waals surface area contributed by atoms with Crippen LogP contribution in [0.1, 0.15) is 43.4 Å². The van der Waals surface area contributed by atoms with Crippen LogP contribution in [-0.4, -0.2) is 32.3 Å². The maximum Gasteiger partial charge on any atom is 0.329 e. The van der Waals surface area contributed by atoms with Crippen molar-refractivity contribution in [2.75, 3.05) is 0 Å². The van der Waals surface area contributed by atoms with Crippen LogP contribution < -0.4 is 5.32 Å². The van der Waals surface area contributed by atoms with Gasteiger partial charge >= 0.3 is 5.97 Å². The SMILES string of the molecule is Cc1nn(C)c(Cl)c1C=CC(=O)NC1(C(=O)O)CCCCC1. The topological polar surface area (TPSA) is 84.2 Å². The zero-order valence-corrected chi connectivity index (χ0v) is 13.5. The van der Waals surface area contributed by atoms with E-state index in [-0.39, 0.29) is 0 Å². The van der Waals surface area contributed by atoms with E-state index in [2.05, 4.69) is 10.4 Å². The second-order valence-electron chi connectivity index (χ2n) is 5.68. The van der Waals surface area contributed by atoms with Crippen LogP contribution in [0.5, 0.6) is 0 Å². The molecule has 1 fully saturated rings. The van der Waals surface area contributed by atoms with E-state index in [1.165, 1.54) is 10.8 Å². The van der Waals surface area contributed by atoms with Crippen molar-refractivity contribution in [1.29, 1.82) is 0 Å². The second-order valence-corrected chi connectivity index (χ2v) is 6.04. The monoisotopic (exact) mass is 325 g/mol. The zero-order valence-electron chi connectivity index (χ0n) is 12.7.